The molecule has 0 unspecified atom stereocenters. The van der Waals surface area contributed by atoms with Crippen molar-refractivity contribution in [2.45, 2.75) is 33.7 Å². The number of nitrogens with zero attached hydrogens (tertiary/aromatic N) is 2. The topological polar surface area (TPSA) is 29.9 Å². The Labute approximate surface area is 138 Å². The van der Waals surface area contributed by atoms with E-state index in [9.17, 15) is 0 Å². The lowest BCUT2D eigenvalue weighted by molar-refractivity contribution is 0.461. The summed E-state index contributed by atoms with van der Waals surface area (Å²) in [4.78, 5) is 4.45. The maximum Gasteiger partial charge on any atom is 0.110 e. The van der Waals surface area contributed by atoms with Gasteiger partial charge in [-0.25, -0.2) is 4.98 Å². The third-order valence-electron chi connectivity index (χ3n) is 3.64. The molecule has 0 aliphatic heterocycles. The van der Waals surface area contributed by atoms with Crippen LogP contribution in [0.4, 0.5) is 0 Å². The van der Waals surface area contributed by atoms with E-state index in [1.807, 2.05) is 30.6 Å². The van der Waals surface area contributed by atoms with E-state index in [1.54, 1.807) is 0 Å². The molecule has 0 amide bonds. The van der Waals surface area contributed by atoms with E-state index in [2.05, 4.69) is 48.3 Å². The highest BCUT2D eigenvalue weighted by molar-refractivity contribution is 6.30. The molecule has 0 aliphatic rings. The first-order valence-corrected chi connectivity index (χ1v) is 7.92. The average molecular weight is 318 g/mol. The van der Waals surface area contributed by atoms with Crippen molar-refractivity contribution in [2.75, 3.05) is 6.54 Å². The zero-order chi connectivity index (χ0) is 16.2. The number of nitrogens with one attached hydrogen (secondary N) is 1. The summed E-state index contributed by atoms with van der Waals surface area (Å²) in [6.07, 6.45) is 4.72. The van der Waals surface area contributed by atoms with Crippen LogP contribution >= 0.6 is 11.6 Å². The van der Waals surface area contributed by atoms with Gasteiger partial charge in [0.25, 0.3) is 0 Å². The minimum Gasteiger partial charge on any atom is -0.388 e. The predicted octanol–water partition coefficient (Wildman–Crippen LogP) is 4.28. The molecule has 1 aromatic carbocycles. The summed E-state index contributed by atoms with van der Waals surface area (Å²) in [5.41, 5.74) is 2.31. The van der Waals surface area contributed by atoms with Crippen LogP contribution in [0.2, 0.25) is 5.02 Å². The number of halogens is 1. The van der Waals surface area contributed by atoms with Crippen LogP contribution in [0.25, 0.3) is 0 Å². The first-order chi connectivity index (χ1) is 10.4. The van der Waals surface area contributed by atoms with Gasteiger partial charge in [0.05, 0.1) is 0 Å². The van der Waals surface area contributed by atoms with Gasteiger partial charge in [-0.1, -0.05) is 51.1 Å². The number of hydrogen-bond acceptors (Lipinski definition) is 2. The van der Waals surface area contributed by atoms with Gasteiger partial charge in [0.2, 0.25) is 0 Å². The van der Waals surface area contributed by atoms with Gasteiger partial charge in [-0.05, 0) is 17.7 Å². The van der Waals surface area contributed by atoms with Crippen LogP contribution in [0.1, 0.15) is 32.2 Å². The highest BCUT2D eigenvalue weighted by Crippen LogP contribution is 2.20. The van der Waals surface area contributed by atoms with Gasteiger partial charge in [0, 0.05) is 48.0 Å². The van der Waals surface area contributed by atoms with E-state index in [0.29, 0.717) is 0 Å². The van der Waals surface area contributed by atoms with Crippen molar-refractivity contribution in [2.24, 2.45) is 5.41 Å². The molecule has 0 saturated carbocycles. The van der Waals surface area contributed by atoms with Gasteiger partial charge < -0.3 is 9.88 Å². The van der Waals surface area contributed by atoms with Crippen molar-refractivity contribution in [1.82, 2.24) is 14.9 Å². The number of rotatable bonds is 6. The minimum atomic E-state index is 0.0796. The van der Waals surface area contributed by atoms with E-state index in [1.165, 1.54) is 5.56 Å². The molecule has 1 aromatic heterocycles. The lowest BCUT2D eigenvalue weighted by atomic mass is 9.93. The quantitative estimate of drug-likeness (QED) is 0.862. The third-order valence-corrected chi connectivity index (χ3v) is 3.87. The Hall–Kier alpha value is -1.74. The van der Waals surface area contributed by atoms with E-state index in [-0.39, 0.29) is 5.41 Å². The molecule has 4 heteroatoms. The molecule has 118 valence electrons. The second-order valence-corrected chi connectivity index (χ2v) is 6.94. The zero-order valence-electron chi connectivity index (χ0n) is 13.6. The summed E-state index contributed by atoms with van der Waals surface area (Å²) in [6, 6.07) is 7.94. The average Bonchev–Trinajstić information content (AvgIpc) is 2.85. The summed E-state index contributed by atoms with van der Waals surface area (Å²) in [7, 11) is 0. The number of imidazole rings is 1. The van der Waals surface area contributed by atoms with Gasteiger partial charge in [-0.15, -0.1) is 0 Å². The van der Waals surface area contributed by atoms with Gasteiger partial charge in [-0.3, -0.25) is 0 Å². The van der Waals surface area contributed by atoms with Crippen LogP contribution in [0.5, 0.6) is 0 Å². The number of aromatic nitrogens is 2. The smallest absolute Gasteiger partial charge is 0.110 e. The highest BCUT2D eigenvalue weighted by Gasteiger charge is 2.14. The van der Waals surface area contributed by atoms with E-state index < -0.39 is 0 Å². The molecular weight excluding hydrogens is 294 g/mol. The van der Waals surface area contributed by atoms with Crippen LogP contribution in [0, 0.1) is 5.41 Å². The maximum absolute atomic E-state index is 6.04. The van der Waals surface area contributed by atoms with Crippen molar-refractivity contribution < 1.29 is 0 Å². The van der Waals surface area contributed by atoms with Crippen LogP contribution in [0.3, 0.4) is 0 Å². The molecule has 0 radical (unpaired) electrons. The SMILES string of the molecule is C=C(NCCc1nccn1Cc1cccc(Cl)c1)C(C)(C)C. The largest absolute Gasteiger partial charge is 0.388 e. The second-order valence-electron chi connectivity index (χ2n) is 6.51. The molecule has 1 heterocycles. The summed E-state index contributed by atoms with van der Waals surface area (Å²) in [5.74, 6) is 1.06. The molecular formula is C18H24ClN3. The molecule has 0 bridgehead atoms. The van der Waals surface area contributed by atoms with Crippen molar-refractivity contribution in [3.63, 3.8) is 0 Å². The van der Waals surface area contributed by atoms with Crippen molar-refractivity contribution in [3.8, 4) is 0 Å². The van der Waals surface area contributed by atoms with Crippen LogP contribution in [0.15, 0.2) is 48.9 Å². The maximum atomic E-state index is 6.04. The Bertz CT molecular complexity index is 638. The van der Waals surface area contributed by atoms with E-state index in [4.69, 9.17) is 11.6 Å². The standard InChI is InChI=1S/C18H24ClN3/c1-14(18(2,3)4)20-9-8-17-21-10-11-22(17)13-15-6-5-7-16(19)12-15/h5-7,10-12,20H,1,8-9,13H2,2-4H3. The normalized spacial score (nSPS) is 11.5. The van der Waals surface area contributed by atoms with Gasteiger partial charge in [-0.2, -0.15) is 0 Å². The first kappa shape index (κ1) is 16.6. The fourth-order valence-electron chi connectivity index (χ4n) is 2.13. The Morgan fingerprint density at radius 2 is 2.14 bits per heavy atom. The summed E-state index contributed by atoms with van der Waals surface area (Å²) < 4.78 is 2.16. The Morgan fingerprint density at radius 3 is 2.82 bits per heavy atom. The molecule has 2 aromatic rings. The Morgan fingerprint density at radius 1 is 1.36 bits per heavy atom. The lowest BCUT2D eigenvalue weighted by Gasteiger charge is -2.23. The van der Waals surface area contributed by atoms with Crippen LogP contribution < -0.4 is 5.32 Å². The third kappa shape index (κ3) is 4.63. The molecule has 1 N–H and O–H groups in total. The highest BCUT2D eigenvalue weighted by atomic mass is 35.5. The molecule has 22 heavy (non-hydrogen) atoms. The zero-order valence-corrected chi connectivity index (χ0v) is 14.3. The van der Waals surface area contributed by atoms with Gasteiger partial charge >= 0.3 is 0 Å². The molecule has 0 fully saturated rings. The summed E-state index contributed by atoms with van der Waals surface area (Å²) in [5, 5.41) is 4.16. The number of allylic oxidation sites excluding steroid dienone is 1. The van der Waals surface area contributed by atoms with Crippen molar-refractivity contribution in [1.29, 1.82) is 0 Å². The van der Waals surface area contributed by atoms with Gasteiger partial charge in [0.1, 0.15) is 5.82 Å². The number of benzene rings is 1. The molecule has 2 rings (SSSR count). The monoisotopic (exact) mass is 317 g/mol. The fourth-order valence-corrected chi connectivity index (χ4v) is 2.35. The molecule has 0 spiro atoms. The number of hydrogen-bond donors (Lipinski definition) is 1. The van der Waals surface area contributed by atoms with E-state index in [0.717, 1.165) is 36.1 Å². The minimum absolute atomic E-state index is 0.0796. The molecule has 3 nitrogen and oxygen atoms in total. The Balaban J connectivity index is 1.94. The van der Waals surface area contributed by atoms with E-state index >= 15 is 0 Å². The lowest BCUT2D eigenvalue weighted by Crippen LogP contribution is -2.26. The summed E-state index contributed by atoms with van der Waals surface area (Å²) >= 11 is 6.04. The van der Waals surface area contributed by atoms with Crippen LogP contribution in [-0.2, 0) is 13.0 Å². The molecule has 0 saturated heterocycles. The van der Waals surface area contributed by atoms with Crippen molar-refractivity contribution in [3.05, 3.63) is 65.3 Å². The molecule has 0 atom stereocenters. The molecule has 0 aliphatic carbocycles. The first-order valence-electron chi connectivity index (χ1n) is 7.54. The van der Waals surface area contributed by atoms with Crippen molar-refractivity contribution >= 4 is 11.6 Å². The Kier molecular flexibility index (Phi) is 5.30. The predicted molar refractivity (Wildman–Crippen MR) is 93.1 cm³/mol. The summed E-state index contributed by atoms with van der Waals surface area (Å²) in [6.45, 7) is 12.2. The van der Waals surface area contributed by atoms with Crippen LogP contribution in [-0.4, -0.2) is 16.1 Å². The fraction of sp³-hybridized carbons (Fsp3) is 0.389. The second kappa shape index (κ2) is 7.01. The van der Waals surface area contributed by atoms with Gasteiger partial charge in [0.15, 0.2) is 0 Å².